The van der Waals surface area contributed by atoms with Crippen LogP contribution in [0.2, 0.25) is 0 Å². The minimum atomic E-state index is -0.323. The Bertz CT molecular complexity index is 455. The summed E-state index contributed by atoms with van der Waals surface area (Å²) in [4.78, 5) is 12.0. The Morgan fingerprint density at radius 2 is 2.05 bits per heavy atom. The highest BCUT2D eigenvalue weighted by Crippen LogP contribution is 2.23. The van der Waals surface area contributed by atoms with E-state index in [1.807, 2.05) is 6.92 Å². The molecule has 1 amide bonds. The van der Waals surface area contributed by atoms with E-state index in [-0.39, 0.29) is 29.0 Å². The molecule has 0 bridgehead atoms. The lowest BCUT2D eigenvalue weighted by atomic mass is 9.93. The van der Waals surface area contributed by atoms with Gasteiger partial charge in [-0.25, -0.2) is 0 Å². The predicted molar refractivity (Wildman–Crippen MR) is 70.2 cm³/mol. The average molecular weight is 265 g/mol. The molecular weight excluding hydrogens is 246 g/mol. The lowest BCUT2D eigenvalue weighted by Crippen LogP contribution is -2.40. The average Bonchev–Trinajstić information content (AvgIpc) is 2.39. The van der Waals surface area contributed by atoms with E-state index in [1.165, 1.54) is 12.1 Å². The number of nitrogens with one attached hydrogen (secondary N) is 1. The lowest BCUT2D eigenvalue weighted by Gasteiger charge is -2.28. The molecule has 0 aliphatic carbocycles. The minimum Gasteiger partial charge on any atom is -0.508 e. The molecule has 5 heteroatoms. The molecule has 1 saturated heterocycles. The number of ether oxygens (including phenoxy) is 1. The number of benzene rings is 1. The Kier molecular flexibility index (Phi) is 4.27. The van der Waals surface area contributed by atoms with Crippen molar-refractivity contribution in [2.45, 2.75) is 25.8 Å². The van der Waals surface area contributed by atoms with Gasteiger partial charge in [0.1, 0.15) is 11.5 Å². The van der Waals surface area contributed by atoms with Crippen molar-refractivity contribution in [3.05, 3.63) is 23.8 Å². The first-order valence-corrected chi connectivity index (χ1v) is 6.48. The van der Waals surface area contributed by atoms with Crippen LogP contribution in [0.1, 0.15) is 30.1 Å². The van der Waals surface area contributed by atoms with Crippen molar-refractivity contribution in [3.63, 3.8) is 0 Å². The van der Waals surface area contributed by atoms with Crippen LogP contribution in [-0.2, 0) is 4.74 Å². The van der Waals surface area contributed by atoms with Gasteiger partial charge in [-0.15, -0.1) is 0 Å². The second-order valence-corrected chi connectivity index (χ2v) is 4.91. The highest BCUT2D eigenvalue weighted by molar-refractivity contribution is 5.97. The number of hydrogen-bond donors (Lipinski definition) is 3. The van der Waals surface area contributed by atoms with Gasteiger partial charge in [-0.1, -0.05) is 0 Å². The van der Waals surface area contributed by atoms with Gasteiger partial charge in [0.25, 0.3) is 5.91 Å². The van der Waals surface area contributed by atoms with E-state index in [2.05, 4.69) is 5.32 Å². The SMILES string of the molecule is CC(NC(=O)c1ccc(O)cc1O)C1CCOCC1. The summed E-state index contributed by atoms with van der Waals surface area (Å²) in [6, 6.07) is 3.99. The maximum Gasteiger partial charge on any atom is 0.255 e. The van der Waals surface area contributed by atoms with E-state index in [9.17, 15) is 15.0 Å². The number of phenolic OH excluding ortho intramolecular Hbond substituents is 2. The maximum absolute atomic E-state index is 12.0. The second-order valence-electron chi connectivity index (χ2n) is 4.91. The van der Waals surface area contributed by atoms with E-state index in [1.54, 1.807) is 0 Å². The monoisotopic (exact) mass is 265 g/mol. The first-order chi connectivity index (χ1) is 9.08. The van der Waals surface area contributed by atoms with E-state index >= 15 is 0 Å². The van der Waals surface area contributed by atoms with Crippen molar-refractivity contribution in [1.29, 1.82) is 0 Å². The summed E-state index contributed by atoms with van der Waals surface area (Å²) in [5.41, 5.74) is 0.178. The van der Waals surface area contributed by atoms with E-state index < -0.39 is 0 Å². The standard InChI is InChI=1S/C14H19NO4/c1-9(10-4-6-19-7-5-10)15-14(18)12-3-2-11(16)8-13(12)17/h2-3,8-10,16-17H,4-7H2,1H3,(H,15,18). The number of rotatable bonds is 3. The van der Waals surface area contributed by atoms with Crippen LogP contribution in [0.3, 0.4) is 0 Å². The fourth-order valence-electron chi connectivity index (χ4n) is 2.33. The molecular formula is C14H19NO4. The molecule has 0 radical (unpaired) electrons. The number of amides is 1. The molecule has 0 spiro atoms. The molecule has 1 unspecified atom stereocenters. The molecule has 104 valence electrons. The summed E-state index contributed by atoms with van der Waals surface area (Å²) in [6.45, 7) is 3.43. The van der Waals surface area contributed by atoms with Crippen LogP contribution in [-0.4, -0.2) is 35.4 Å². The van der Waals surface area contributed by atoms with Crippen LogP contribution >= 0.6 is 0 Å². The quantitative estimate of drug-likeness (QED) is 0.776. The molecule has 1 aromatic carbocycles. The van der Waals surface area contributed by atoms with Gasteiger partial charge in [0, 0.05) is 25.3 Å². The highest BCUT2D eigenvalue weighted by atomic mass is 16.5. The largest absolute Gasteiger partial charge is 0.508 e. The molecule has 0 saturated carbocycles. The Balaban J connectivity index is 1.99. The molecule has 1 atom stereocenters. The van der Waals surface area contributed by atoms with Crippen LogP contribution in [0.25, 0.3) is 0 Å². The van der Waals surface area contributed by atoms with Gasteiger partial charge in [-0.05, 0) is 37.8 Å². The fraction of sp³-hybridized carbons (Fsp3) is 0.500. The lowest BCUT2D eigenvalue weighted by molar-refractivity contribution is 0.0538. The van der Waals surface area contributed by atoms with Crippen molar-refractivity contribution < 1.29 is 19.7 Å². The molecule has 19 heavy (non-hydrogen) atoms. The molecule has 5 nitrogen and oxygen atoms in total. The normalized spacial score (nSPS) is 17.9. The molecule has 3 N–H and O–H groups in total. The third-order valence-electron chi connectivity index (χ3n) is 3.56. The van der Waals surface area contributed by atoms with Crippen molar-refractivity contribution in [2.75, 3.05) is 13.2 Å². The third kappa shape index (κ3) is 3.38. The van der Waals surface area contributed by atoms with Crippen molar-refractivity contribution >= 4 is 5.91 Å². The summed E-state index contributed by atoms with van der Waals surface area (Å²) in [5, 5.41) is 21.7. The molecule has 1 aliphatic rings. The Morgan fingerprint density at radius 3 is 2.68 bits per heavy atom. The van der Waals surface area contributed by atoms with Crippen molar-refractivity contribution in [1.82, 2.24) is 5.32 Å². The third-order valence-corrected chi connectivity index (χ3v) is 3.56. The van der Waals surface area contributed by atoms with Gasteiger partial charge in [-0.2, -0.15) is 0 Å². The zero-order valence-corrected chi connectivity index (χ0v) is 10.9. The number of hydrogen-bond acceptors (Lipinski definition) is 4. The minimum absolute atomic E-state index is 0.0320. The van der Waals surface area contributed by atoms with Crippen LogP contribution < -0.4 is 5.32 Å². The predicted octanol–water partition coefficient (Wildman–Crippen LogP) is 1.64. The molecule has 1 heterocycles. The molecule has 2 rings (SSSR count). The highest BCUT2D eigenvalue weighted by Gasteiger charge is 2.23. The van der Waals surface area contributed by atoms with Crippen LogP contribution in [0.4, 0.5) is 0 Å². The topological polar surface area (TPSA) is 78.8 Å². The van der Waals surface area contributed by atoms with Crippen LogP contribution in [0, 0.1) is 5.92 Å². The first kappa shape index (κ1) is 13.7. The second kappa shape index (κ2) is 5.93. The van der Waals surface area contributed by atoms with Gasteiger partial charge in [-0.3, -0.25) is 4.79 Å². The van der Waals surface area contributed by atoms with E-state index in [0.717, 1.165) is 32.1 Å². The van der Waals surface area contributed by atoms with Gasteiger partial charge in [0.15, 0.2) is 0 Å². The van der Waals surface area contributed by atoms with Crippen molar-refractivity contribution in [3.8, 4) is 11.5 Å². The summed E-state index contributed by atoms with van der Waals surface area (Å²) in [6.07, 6.45) is 1.87. The summed E-state index contributed by atoms with van der Waals surface area (Å²) in [7, 11) is 0. The Morgan fingerprint density at radius 1 is 1.37 bits per heavy atom. The summed E-state index contributed by atoms with van der Waals surface area (Å²) < 4.78 is 5.29. The molecule has 1 fully saturated rings. The molecule has 1 aliphatic heterocycles. The maximum atomic E-state index is 12.0. The zero-order chi connectivity index (χ0) is 13.8. The summed E-state index contributed by atoms with van der Waals surface area (Å²) >= 11 is 0. The fourth-order valence-corrected chi connectivity index (χ4v) is 2.33. The number of carbonyl (C=O) groups is 1. The van der Waals surface area contributed by atoms with Gasteiger partial charge < -0.3 is 20.3 Å². The van der Waals surface area contributed by atoms with Crippen LogP contribution in [0.5, 0.6) is 11.5 Å². The van der Waals surface area contributed by atoms with E-state index in [4.69, 9.17) is 4.74 Å². The summed E-state index contributed by atoms with van der Waals surface area (Å²) in [5.74, 6) is -0.198. The number of aromatic hydroxyl groups is 2. The van der Waals surface area contributed by atoms with Gasteiger partial charge in [0.2, 0.25) is 0 Å². The molecule has 0 aromatic heterocycles. The zero-order valence-electron chi connectivity index (χ0n) is 10.9. The van der Waals surface area contributed by atoms with Crippen molar-refractivity contribution in [2.24, 2.45) is 5.92 Å². The molecule has 1 aromatic rings. The number of phenols is 2. The van der Waals surface area contributed by atoms with Crippen LogP contribution in [0.15, 0.2) is 18.2 Å². The Hall–Kier alpha value is -1.75. The number of carbonyl (C=O) groups excluding carboxylic acids is 1. The van der Waals surface area contributed by atoms with E-state index in [0.29, 0.717) is 5.92 Å². The Labute approximate surface area is 112 Å². The van der Waals surface area contributed by atoms with Gasteiger partial charge >= 0.3 is 0 Å². The smallest absolute Gasteiger partial charge is 0.255 e. The first-order valence-electron chi connectivity index (χ1n) is 6.48. The van der Waals surface area contributed by atoms with Gasteiger partial charge in [0.05, 0.1) is 5.56 Å².